The van der Waals surface area contributed by atoms with Crippen LogP contribution in [0.15, 0.2) is 40.8 Å². The number of nitrogens with zero attached hydrogens (tertiary/aromatic N) is 1. The predicted molar refractivity (Wildman–Crippen MR) is 86.0 cm³/mol. The average Bonchev–Trinajstić information content (AvgIpc) is 3.07. The highest BCUT2D eigenvalue weighted by Gasteiger charge is 2.15. The van der Waals surface area contributed by atoms with Crippen molar-refractivity contribution < 1.29 is 13.9 Å². The summed E-state index contributed by atoms with van der Waals surface area (Å²) in [6.07, 6.45) is 1.76. The highest BCUT2D eigenvalue weighted by atomic mass is 16.5. The molecule has 1 aromatic heterocycles. The van der Waals surface area contributed by atoms with Crippen molar-refractivity contribution in [3.8, 4) is 11.8 Å². The first-order valence-corrected chi connectivity index (χ1v) is 7.69. The van der Waals surface area contributed by atoms with Crippen LogP contribution in [0, 0.1) is 11.3 Å². The van der Waals surface area contributed by atoms with Crippen LogP contribution in [0.25, 0.3) is 0 Å². The molecule has 0 fully saturated rings. The molecule has 1 heterocycles. The molecule has 1 amide bonds. The zero-order valence-electron chi connectivity index (χ0n) is 13.3. The van der Waals surface area contributed by atoms with Gasteiger partial charge in [0.15, 0.2) is 5.76 Å². The van der Waals surface area contributed by atoms with Crippen LogP contribution < -0.4 is 10.1 Å². The third kappa shape index (κ3) is 4.36. The normalized spacial score (nSPS) is 10.3. The highest BCUT2D eigenvalue weighted by molar-refractivity contribution is 5.91. The van der Waals surface area contributed by atoms with E-state index in [0.29, 0.717) is 17.1 Å². The molecule has 0 spiro atoms. The molecule has 2 aromatic rings. The van der Waals surface area contributed by atoms with Crippen molar-refractivity contribution in [1.29, 1.82) is 5.26 Å². The lowest BCUT2D eigenvalue weighted by atomic mass is 10.2. The molecule has 23 heavy (non-hydrogen) atoms. The zero-order chi connectivity index (χ0) is 16.7. The van der Waals surface area contributed by atoms with Gasteiger partial charge in [0, 0.05) is 6.04 Å². The fourth-order valence-corrected chi connectivity index (χ4v) is 2.16. The fraction of sp³-hybridized carbons (Fsp3) is 0.333. The molecule has 1 N–H and O–H groups in total. The van der Waals surface area contributed by atoms with Crippen LogP contribution in [0.4, 0.5) is 0 Å². The van der Waals surface area contributed by atoms with Gasteiger partial charge in [-0.1, -0.05) is 26.0 Å². The number of amides is 1. The molecular formula is C18H20N2O3. The fourth-order valence-electron chi connectivity index (χ4n) is 2.16. The molecule has 120 valence electrons. The van der Waals surface area contributed by atoms with Gasteiger partial charge in [-0.25, -0.2) is 0 Å². The topological polar surface area (TPSA) is 75.3 Å². The Hall–Kier alpha value is -2.74. The van der Waals surface area contributed by atoms with E-state index in [1.807, 2.05) is 13.8 Å². The number of hydrogen-bond acceptors (Lipinski definition) is 4. The van der Waals surface area contributed by atoms with Gasteiger partial charge in [-0.3, -0.25) is 4.79 Å². The van der Waals surface area contributed by atoms with E-state index < -0.39 is 0 Å². The number of carbonyl (C=O) groups is 1. The zero-order valence-corrected chi connectivity index (χ0v) is 13.3. The van der Waals surface area contributed by atoms with Crippen molar-refractivity contribution in [3.05, 3.63) is 53.5 Å². The maximum atomic E-state index is 12.1. The minimum atomic E-state index is -0.220. The maximum absolute atomic E-state index is 12.1. The van der Waals surface area contributed by atoms with Crippen LogP contribution in [0.3, 0.4) is 0 Å². The van der Waals surface area contributed by atoms with Crippen molar-refractivity contribution in [2.24, 2.45) is 0 Å². The molecule has 5 heteroatoms. The van der Waals surface area contributed by atoms with Crippen molar-refractivity contribution in [3.63, 3.8) is 0 Å². The molecule has 0 bridgehead atoms. The van der Waals surface area contributed by atoms with E-state index in [9.17, 15) is 4.79 Å². The molecule has 0 atom stereocenters. The summed E-state index contributed by atoms with van der Waals surface area (Å²) >= 11 is 0. The van der Waals surface area contributed by atoms with Gasteiger partial charge in [-0.05, 0) is 37.1 Å². The van der Waals surface area contributed by atoms with E-state index in [2.05, 4.69) is 11.4 Å². The minimum Gasteiger partial charge on any atom is -0.484 e. The predicted octanol–water partition coefficient (Wildman–Crippen LogP) is 3.65. The minimum absolute atomic E-state index is 0.148. The lowest BCUT2D eigenvalue weighted by Crippen LogP contribution is -2.33. The summed E-state index contributed by atoms with van der Waals surface area (Å²) in [5.41, 5.74) is 0.464. The second-order valence-electron chi connectivity index (χ2n) is 5.15. The molecule has 2 rings (SSSR count). The number of benzene rings is 1. The number of nitrogens with one attached hydrogen (secondary N) is 1. The van der Waals surface area contributed by atoms with Crippen LogP contribution in [0.2, 0.25) is 0 Å². The van der Waals surface area contributed by atoms with E-state index >= 15 is 0 Å². The summed E-state index contributed by atoms with van der Waals surface area (Å²) in [4.78, 5) is 12.1. The summed E-state index contributed by atoms with van der Waals surface area (Å²) in [5, 5.41) is 11.9. The van der Waals surface area contributed by atoms with Gasteiger partial charge in [0.1, 0.15) is 24.2 Å². The van der Waals surface area contributed by atoms with Gasteiger partial charge in [0.2, 0.25) is 0 Å². The van der Waals surface area contributed by atoms with Crippen LogP contribution >= 0.6 is 0 Å². The second-order valence-corrected chi connectivity index (χ2v) is 5.15. The Kier molecular flexibility index (Phi) is 5.81. The van der Waals surface area contributed by atoms with Crippen LogP contribution in [0.5, 0.6) is 5.75 Å². The summed E-state index contributed by atoms with van der Waals surface area (Å²) in [5.74, 6) is 1.08. The van der Waals surface area contributed by atoms with Gasteiger partial charge in [-0.15, -0.1) is 0 Å². The Morgan fingerprint density at radius 3 is 2.70 bits per heavy atom. The summed E-state index contributed by atoms with van der Waals surface area (Å²) in [7, 11) is 0. The Bertz CT molecular complexity index is 696. The van der Waals surface area contributed by atoms with Crippen LogP contribution in [-0.4, -0.2) is 11.9 Å². The van der Waals surface area contributed by atoms with Crippen molar-refractivity contribution in [2.45, 2.75) is 39.3 Å². The van der Waals surface area contributed by atoms with Crippen molar-refractivity contribution in [2.75, 3.05) is 0 Å². The average molecular weight is 312 g/mol. The second kappa shape index (κ2) is 8.04. The molecular weight excluding hydrogens is 292 g/mol. The number of rotatable bonds is 7. The van der Waals surface area contributed by atoms with E-state index in [-0.39, 0.29) is 24.3 Å². The summed E-state index contributed by atoms with van der Waals surface area (Å²) < 4.78 is 11.1. The highest BCUT2D eigenvalue weighted by Crippen LogP contribution is 2.19. The molecule has 0 saturated carbocycles. The molecule has 0 aliphatic heterocycles. The Morgan fingerprint density at radius 2 is 2.00 bits per heavy atom. The van der Waals surface area contributed by atoms with E-state index in [4.69, 9.17) is 14.4 Å². The third-order valence-corrected chi connectivity index (χ3v) is 3.58. The Labute approximate surface area is 135 Å². The van der Waals surface area contributed by atoms with Gasteiger partial charge < -0.3 is 14.5 Å². The number of carbonyl (C=O) groups excluding carboxylic acids is 1. The van der Waals surface area contributed by atoms with Crippen molar-refractivity contribution >= 4 is 5.91 Å². The maximum Gasteiger partial charge on any atom is 0.287 e. The molecule has 5 nitrogen and oxygen atoms in total. The van der Waals surface area contributed by atoms with Gasteiger partial charge >= 0.3 is 0 Å². The van der Waals surface area contributed by atoms with Gasteiger partial charge in [0.05, 0.1) is 5.56 Å². The number of nitriles is 1. The first kappa shape index (κ1) is 16.6. The molecule has 0 aliphatic carbocycles. The number of ether oxygens (including phenoxy) is 1. The van der Waals surface area contributed by atoms with Crippen molar-refractivity contribution in [1.82, 2.24) is 5.32 Å². The Balaban J connectivity index is 1.97. The van der Waals surface area contributed by atoms with Crippen LogP contribution in [0.1, 0.15) is 48.6 Å². The van der Waals surface area contributed by atoms with E-state index in [1.165, 1.54) is 0 Å². The summed E-state index contributed by atoms with van der Waals surface area (Å²) in [6, 6.07) is 12.5. The summed E-state index contributed by atoms with van der Waals surface area (Å²) in [6.45, 7) is 4.22. The number of para-hydroxylation sites is 1. The lowest BCUT2D eigenvalue weighted by molar-refractivity contribution is 0.0902. The van der Waals surface area contributed by atoms with Crippen LogP contribution in [-0.2, 0) is 6.61 Å². The van der Waals surface area contributed by atoms with E-state index in [0.717, 1.165) is 12.8 Å². The van der Waals surface area contributed by atoms with E-state index in [1.54, 1.807) is 36.4 Å². The molecule has 0 aliphatic rings. The smallest absolute Gasteiger partial charge is 0.287 e. The molecule has 0 saturated heterocycles. The molecule has 0 radical (unpaired) electrons. The lowest BCUT2D eigenvalue weighted by Gasteiger charge is -2.13. The monoisotopic (exact) mass is 312 g/mol. The first-order valence-electron chi connectivity index (χ1n) is 7.69. The quantitative estimate of drug-likeness (QED) is 0.846. The van der Waals surface area contributed by atoms with Gasteiger partial charge in [-0.2, -0.15) is 5.26 Å². The largest absolute Gasteiger partial charge is 0.484 e. The third-order valence-electron chi connectivity index (χ3n) is 3.58. The number of hydrogen-bond donors (Lipinski definition) is 1. The Morgan fingerprint density at radius 1 is 1.26 bits per heavy atom. The standard InChI is InChI=1S/C18H20N2O3/c1-3-14(4-2)20-18(21)17-10-9-15(23-17)12-22-16-8-6-5-7-13(16)11-19/h5-10,14H,3-4,12H2,1-2H3,(H,20,21). The SMILES string of the molecule is CCC(CC)NC(=O)c1ccc(COc2ccccc2C#N)o1. The molecule has 0 unspecified atom stereocenters. The first-order chi connectivity index (χ1) is 11.2. The molecule has 1 aromatic carbocycles. The van der Waals surface area contributed by atoms with Gasteiger partial charge in [0.25, 0.3) is 5.91 Å². The number of furan rings is 1.